The standard InChI is InChI=1S/C31H23N/c1-18-14-19(2)29(20(3)15-18)22-12-13-28-25(17-22)26-16-21-8-4-5-9-23(21)30-24-10-6-7-11-27(24)32(28)31(26)30/h4-17H,1-3H3. The first-order valence-corrected chi connectivity index (χ1v) is 11.3. The molecule has 0 aliphatic carbocycles. The van der Waals surface area contributed by atoms with Gasteiger partial charge in [0.2, 0.25) is 0 Å². The maximum atomic E-state index is 2.47. The summed E-state index contributed by atoms with van der Waals surface area (Å²) in [6, 6.07) is 31.6. The Kier molecular flexibility index (Phi) is 3.40. The highest BCUT2D eigenvalue weighted by Gasteiger charge is 2.20. The van der Waals surface area contributed by atoms with Gasteiger partial charge in [0.25, 0.3) is 0 Å². The van der Waals surface area contributed by atoms with E-state index in [9.17, 15) is 0 Å². The molecule has 0 bridgehead atoms. The highest BCUT2D eigenvalue weighted by atomic mass is 14.9. The summed E-state index contributed by atoms with van der Waals surface area (Å²) in [5.74, 6) is 0. The normalized spacial score (nSPS) is 12.2. The van der Waals surface area contributed by atoms with E-state index in [2.05, 4.69) is 110 Å². The summed E-state index contributed by atoms with van der Waals surface area (Å²) in [7, 11) is 0. The number of fused-ring (bicyclic) bond motifs is 8. The number of rotatable bonds is 1. The predicted molar refractivity (Wildman–Crippen MR) is 138 cm³/mol. The molecule has 0 amide bonds. The van der Waals surface area contributed by atoms with Crippen LogP contribution in [0.15, 0.2) is 84.9 Å². The molecule has 1 heteroatoms. The Morgan fingerprint density at radius 1 is 0.562 bits per heavy atom. The third-order valence-electron chi connectivity index (χ3n) is 7.15. The Hall–Kier alpha value is -3.84. The molecule has 1 nitrogen and oxygen atoms in total. The second kappa shape index (κ2) is 6.11. The molecule has 152 valence electrons. The van der Waals surface area contributed by atoms with Crippen molar-refractivity contribution in [3.63, 3.8) is 0 Å². The summed E-state index contributed by atoms with van der Waals surface area (Å²) in [4.78, 5) is 0. The van der Waals surface area contributed by atoms with Gasteiger partial charge in [-0.1, -0.05) is 66.2 Å². The van der Waals surface area contributed by atoms with Gasteiger partial charge in [-0.05, 0) is 78.1 Å². The highest BCUT2D eigenvalue weighted by Crippen LogP contribution is 2.44. The average molecular weight is 410 g/mol. The molecule has 0 saturated carbocycles. The van der Waals surface area contributed by atoms with E-state index in [1.54, 1.807) is 0 Å². The van der Waals surface area contributed by atoms with E-state index in [4.69, 9.17) is 0 Å². The molecule has 0 N–H and O–H groups in total. The van der Waals surface area contributed by atoms with Gasteiger partial charge in [-0.15, -0.1) is 0 Å². The lowest BCUT2D eigenvalue weighted by atomic mass is 9.92. The molecular formula is C31H23N. The van der Waals surface area contributed by atoms with Crippen molar-refractivity contribution in [3.8, 4) is 11.1 Å². The van der Waals surface area contributed by atoms with E-state index in [0.717, 1.165) is 0 Å². The van der Waals surface area contributed by atoms with Gasteiger partial charge < -0.3 is 4.40 Å². The van der Waals surface area contributed by atoms with Crippen molar-refractivity contribution in [1.82, 2.24) is 4.40 Å². The lowest BCUT2D eigenvalue weighted by molar-refractivity contribution is 1.32. The topological polar surface area (TPSA) is 4.41 Å². The molecule has 0 atom stereocenters. The Labute approximate surface area is 186 Å². The van der Waals surface area contributed by atoms with Gasteiger partial charge in [-0.3, -0.25) is 0 Å². The average Bonchev–Trinajstić information content (AvgIpc) is 3.29. The van der Waals surface area contributed by atoms with Crippen LogP contribution in [0.2, 0.25) is 0 Å². The van der Waals surface area contributed by atoms with Gasteiger partial charge in [0, 0.05) is 21.5 Å². The summed E-state index contributed by atoms with van der Waals surface area (Å²) in [5.41, 5.74) is 10.6. The number of nitrogens with zero attached hydrogens (tertiary/aromatic N) is 1. The minimum absolute atomic E-state index is 1.28. The Balaban J connectivity index is 1.70. The smallest absolute Gasteiger partial charge is 0.0626 e. The summed E-state index contributed by atoms with van der Waals surface area (Å²) in [5, 5.41) is 8.01. The zero-order chi connectivity index (χ0) is 21.6. The summed E-state index contributed by atoms with van der Waals surface area (Å²) in [6.07, 6.45) is 0. The van der Waals surface area contributed by atoms with E-state index in [0.29, 0.717) is 0 Å². The van der Waals surface area contributed by atoms with Crippen molar-refractivity contribution in [2.75, 3.05) is 0 Å². The minimum Gasteiger partial charge on any atom is -0.308 e. The third-order valence-corrected chi connectivity index (χ3v) is 7.15. The van der Waals surface area contributed by atoms with Crippen LogP contribution < -0.4 is 0 Å². The Bertz CT molecular complexity index is 1830. The number of benzene rings is 5. The molecule has 0 saturated heterocycles. The molecule has 2 heterocycles. The first kappa shape index (κ1) is 17.8. The fourth-order valence-electron chi connectivity index (χ4n) is 6.04. The van der Waals surface area contributed by atoms with E-state index in [1.165, 1.54) is 76.7 Å². The zero-order valence-electron chi connectivity index (χ0n) is 18.5. The second-order valence-electron chi connectivity index (χ2n) is 9.23. The van der Waals surface area contributed by atoms with Crippen LogP contribution in [-0.4, -0.2) is 4.40 Å². The molecule has 0 aliphatic rings. The van der Waals surface area contributed by atoms with Crippen LogP contribution >= 0.6 is 0 Å². The fraction of sp³-hybridized carbons (Fsp3) is 0.0968. The second-order valence-corrected chi connectivity index (χ2v) is 9.23. The molecule has 0 unspecified atom stereocenters. The maximum Gasteiger partial charge on any atom is 0.0626 e. The molecule has 7 aromatic rings. The highest BCUT2D eigenvalue weighted by molar-refractivity contribution is 6.31. The first-order valence-electron chi connectivity index (χ1n) is 11.3. The fourth-order valence-corrected chi connectivity index (χ4v) is 6.04. The first-order chi connectivity index (χ1) is 15.6. The van der Waals surface area contributed by atoms with Crippen LogP contribution in [0.3, 0.4) is 0 Å². The lowest BCUT2D eigenvalue weighted by Gasteiger charge is -2.12. The monoisotopic (exact) mass is 409 g/mol. The van der Waals surface area contributed by atoms with Gasteiger partial charge in [-0.2, -0.15) is 0 Å². The van der Waals surface area contributed by atoms with Gasteiger partial charge >= 0.3 is 0 Å². The molecule has 0 fully saturated rings. The van der Waals surface area contributed by atoms with E-state index >= 15 is 0 Å². The maximum absolute atomic E-state index is 2.47. The molecule has 0 radical (unpaired) electrons. The number of hydrogen-bond acceptors (Lipinski definition) is 0. The number of para-hydroxylation sites is 1. The minimum atomic E-state index is 1.28. The lowest BCUT2D eigenvalue weighted by Crippen LogP contribution is -1.90. The summed E-state index contributed by atoms with van der Waals surface area (Å²) >= 11 is 0. The summed E-state index contributed by atoms with van der Waals surface area (Å²) < 4.78 is 2.47. The number of hydrogen-bond donors (Lipinski definition) is 0. The Morgan fingerprint density at radius 3 is 2.06 bits per heavy atom. The molecule has 32 heavy (non-hydrogen) atoms. The van der Waals surface area contributed by atoms with Crippen LogP contribution in [0.4, 0.5) is 0 Å². The van der Waals surface area contributed by atoms with Crippen LogP contribution in [-0.2, 0) is 0 Å². The largest absolute Gasteiger partial charge is 0.308 e. The predicted octanol–water partition coefficient (Wildman–Crippen LogP) is 8.58. The molecule has 5 aromatic carbocycles. The van der Waals surface area contributed by atoms with Gasteiger partial charge in [0.05, 0.1) is 16.6 Å². The van der Waals surface area contributed by atoms with Crippen molar-refractivity contribution in [1.29, 1.82) is 0 Å². The van der Waals surface area contributed by atoms with Crippen LogP contribution in [0, 0.1) is 20.8 Å². The van der Waals surface area contributed by atoms with E-state index in [1.807, 2.05) is 0 Å². The van der Waals surface area contributed by atoms with Crippen molar-refractivity contribution in [2.45, 2.75) is 20.8 Å². The number of aromatic nitrogens is 1. The molecule has 7 rings (SSSR count). The van der Waals surface area contributed by atoms with Gasteiger partial charge in [0.1, 0.15) is 0 Å². The van der Waals surface area contributed by atoms with Crippen LogP contribution in [0.1, 0.15) is 16.7 Å². The van der Waals surface area contributed by atoms with Crippen molar-refractivity contribution >= 4 is 48.9 Å². The quantitative estimate of drug-likeness (QED) is 0.256. The molecular weight excluding hydrogens is 386 g/mol. The molecule has 2 aromatic heterocycles. The van der Waals surface area contributed by atoms with Crippen LogP contribution in [0.5, 0.6) is 0 Å². The van der Waals surface area contributed by atoms with Gasteiger partial charge in [0.15, 0.2) is 0 Å². The van der Waals surface area contributed by atoms with Crippen molar-refractivity contribution in [3.05, 3.63) is 102 Å². The third kappa shape index (κ3) is 2.18. The summed E-state index contributed by atoms with van der Waals surface area (Å²) in [6.45, 7) is 6.64. The van der Waals surface area contributed by atoms with E-state index < -0.39 is 0 Å². The number of aryl methyl sites for hydroxylation is 3. The van der Waals surface area contributed by atoms with E-state index in [-0.39, 0.29) is 0 Å². The van der Waals surface area contributed by atoms with Crippen molar-refractivity contribution < 1.29 is 0 Å². The zero-order valence-corrected chi connectivity index (χ0v) is 18.5. The molecule has 0 aliphatic heterocycles. The molecule has 0 spiro atoms. The Morgan fingerprint density at radius 2 is 1.25 bits per heavy atom. The van der Waals surface area contributed by atoms with Crippen molar-refractivity contribution in [2.24, 2.45) is 0 Å². The SMILES string of the molecule is Cc1cc(C)c(-c2ccc3c(c2)c2cc4ccccc4c4c5ccccc5n3c24)c(C)c1. The van der Waals surface area contributed by atoms with Crippen LogP contribution in [0.25, 0.3) is 60.0 Å². The van der Waals surface area contributed by atoms with Gasteiger partial charge in [-0.25, -0.2) is 0 Å².